The number of cyclic esters (lactones) is 1. The predicted molar refractivity (Wildman–Crippen MR) is 115 cm³/mol. The van der Waals surface area contributed by atoms with Crippen LogP contribution in [0.2, 0.25) is 0 Å². The number of nitrogens with one attached hydrogen (secondary N) is 3. The van der Waals surface area contributed by atoms with E-state index in [-0.39, 0.29) is 24.7 Å². The average Bonchev–Trinajstić information content (AvgIpc) is 3.42. The maximum Gasteiger partial charge on any atom is 0.414 e. The molecule has 2 aromatic carbocycles. The molecular weight excluding hydrogens is 415 g/mol. The summed E-state index contributed by atoms with van der Waals surface area (Å²) in [5, 5.41) is 16.2. The number of carbonyl (C=O) groups excluding carboxylic acids is 2. The molecule has 1 aliphatic rings. The summed E-state index contributed by atoms with van der Waals surface area (Å²) in [6.45, 7) is 3.02. The predicted octanol–water partition coefficient (Wildman–Crippen LogP) is 2.36. The van der Waals surface area contributed by atoms with Gasteiger partial charge in [0.2, 0.25) is 5.91 Å². The van der Waals surface area contributed by atoms with E-state index in [1.807, 2.05) is 24.3 Å². The second-order valence-electron chi connectivity index (χ2n) is 7.48. The zero-order chi connectivity index (χ0) is 22.5. The lowest BCUT2D eigenvalue weighted by Gasteiger charge is -2.15. The van der Waals surface area contributed by atoms with E-state index < -0.39 is 18.0 Å². The number of benzene rings is 2. The van der Waals surface area contributed by atoms with E-state index in [1.54, 1.807) is 18.3 Å². The maximum absolute atomic E-state index is 14.8. The van der Waals surface area contributed by atoms with Gasteiger partial charge >= 0.3 is 6.09 Å². The number of aromatic nitrogens is 3. The van der Waals surface area contributed by atoms with E-state index in [4.69, 9.17) is 4.74 Å². The van der Waals surface area contributed by atoms with Gasteiger partial charge in [-0.25, -0.2) is 9.18 Å². The highest BCUT2D eigenvalue weighted by Crippen LogP contribution is 2.29. The summed E-state index contributed by atoms with van der Waals surface area (Å²) < 4.78 is 20.0. The molecule has 0 aliphatic carbocycles. The molecule has 2 amide bonds. The van der Waals surface area contributed by atoms with E-state index >= 15 is 0 Å². The maximum atomic E-state index is 14.8. The second-order valence-corrected chi connectivity index (χ2v) is 7.48. The summed E-state index contributed by atoms with van der Waals surface area (Å²) in [5.74, 6) is -0.732. The monoisotopic (exact) mass is 438 g/mol. The fourth-order valence-corrected chi connectivity index (χ4v) is 3.45. The van der Waals surface area contributed by atoms with E-state index in [0.717, 1.165) is 16.8 Å². The van der Waals surface area contributed by atoms with Crippen LogP contribution in [-0.2, 0) is 22.6 Å². The van der Waals surface area contributed by atoms with Crippen LogP contribution in [0, 0.1) is 5.82 Å². The molecule has 0 bridgehead atoms. The lowest BCUT2D eigenvalue weighted by Crippen LogP contribution is -2.33. The Morgan fingerprint density at radius 2 is 2.00 bits per heavy atom. The molecule has 166 valence electrons. The van der Waals surface area contributed by atoms with Crippen molar-refractivity contribution in [3.8, 4) is 11.1 Å². The van der Waals surface area contributed by atoms with Gasteiger partial charge in [-0.15, -0.1) is 0 Å². The summed E-state index contributed by atoms with van der Waals surface area (Å²) >= 11 is 0. The molecule has 32 heavy (non-hydrogen) atoms. The molecule has 1 atom stereocenters. The largest absolute Gasteiger partial charge is 0.442 e. The highest BCUT2D eigenvalue weighted by molar-refractivity contribution is 5.90. The number of rotatable bonds is 8. The van der Waals surface area contributed by atoms with Crippen LogP contribution >= 0.6 is 0 Å². The first kappa shape index (κ1) is 21.4. The quantitative estimate of drug-likeness (QED) is 0.498. The van der Waals surface area contributed by atoms with Crippen molar-refractivity contribution in [3.63, 3.8) is 0 Å². The van der Waals surface area contributed by atoms with Gasteiger partial charge < -0.3 is 15.4 Å². The number of carbonyl (C=O) groups is 2. The Hall–Kier alpha value is -3.79. The van der Waals surface area contributed by atoms with E-state index in [0.29, 0.717) is 18.7 Å². The number of nitrogens with zero attached hydrogens (tertiary/aromatic N) is 3. The number of hydrogen-bond donors (Lipinski definition) is 3. The summed E-state index contributed by atoms with van der Waals surface area (Å²) in [6.07, 6.45) is 0.518. The SMILES string of the molecule is CC(=O)NC[C@H]1CN(c2ccc(-c3ccc(CNCc4cn[nH]n4)cc3)cc2F)C(=O)O1. The number of ether oxygens (including phenoxy) is 1. The highest BCUT2D eigenvalue weighted by Gasteiger charge is 2.33. The molecule has 3 aromatic rings. The smallest absolute Gasteiger partial charge is 0.414 e. The molecule has 2 heterocycles. The minimum atomic E-state index is -0.630. The summed E-state index contributed by atoms with van der Waals surface area (Å²) in [5.41, 5.74) is 3.64. The molecule has 4 rings (SSSR count). The fraction of sp³-hybridized carbons (Fsp3) is 0.273. The minimum Gasteiger partial charge on any atom is -0.442 e. The molecule has 0 unspecified atom stereocenters. The molecule has 1 saturated heterocycles. The lowest BCUT2D eigenvalue weighted by atomic mass is 10.0. The van der Waals surface area contributed by atoms with Crippen molar-refractivity contribution >= 4 is 17.7 Å². The molecular formula is C22H23FN6O3. The number of halogens is 1. The van der Waals surface area contributed by atoms with Gasteiger partial charge in [0.1, 0.15) is 11.9 Å². The van der Waals surface area contributed by atoms with E-state index in [9.17, 15) is 14.0 Å². The Morgan fingerprint density at radius 1 is 1.22 bits per heavy atom. The molecule has 0 radical (unpaired) electrons. The summed E-state index contributed by atoms with van der Waals surface area (Å²) in [6, 6.07) is 12.5. The Morgan fingerprint density at radius 3 is 2.69 bits per heavy atom. The Kier molecular flexibility index (Phi) is 6.41. The van der Waals surface area contributed by atoms with Crippen LogP contribution in [0.1, 0.15) is 18.2 Å². The Labute approximate surface area is 184 Å². The first-order valence-corrected chi connectivity index (χ1v) is 10.2. The molecule has 3 N–H and O–H groups in total. The Balaban J connectivity index is 1.38. The van der Waals surface area contributed by atoms with Gasteiger partial charge in [0.15, 0.2) is 0 Å². The van der Waals surface area contributed by atoms with Crippen molar-refractivity contribution in [1.82, 2.24) is 26.0 Å². The van der Waals surface area contributed by atoms with Crippen molar-refractivity contribution in [2.45, 2.75) is 26.1 Å². The first-order chi connectivity index (χ1) is 15.5. The molecule has 0 spiro atoms. The van der Waals surface area contributed by atoms with Gasteiger partial charge in [-0.2, -0.15) is 15.4 Å². The van der Waals surface area contributed by atoms with Crippen LogP contribution < -0.4 is 15.5 Å². The van der Waals surface area contributed by atoms with Gasteiger partial charge in [-0.05, 0) is 28.8 Å². The van der Waals surface area contributed by atoms with Gasteiger partial charge in [0.05, 0.1) is 30.7 Å². The number of amides is 2. The third-order valence-electron chi connectivity index (χ3n) is 5.08. The minimum absolute atomic E-state index is 0.151. The number of hydrogen-bond acceptors (Lipinski definition) is 6. The van der Waals surface area contributed by atoms with Crippen molar-refractivity contribution in [3.05, 3.63) is 65.7 Å². The van der Waals surface area contributed by atoms with Gasteiger partial charge in [-0.3, -0.25) is 9.69 Å². The zero-order valence-electron chi connectivity index (χ0n) is 17.5. The molecule has 1 fully saturated rings. The van der Waals surface area contributed by atoms with Gasteiger partial charge in [0, 0.05) is 20.0 Å². The lowest BCUT2D eigenvalue weighted by molar-refractivity contribution is -0.119. The highest BCUT2D eigenvalue weighted by atomic mass is 19.1. The molecule has 10 heteroatoms. The van der Waals surface area contributed by atoms with E-state index in [1.165, 1.54) is 17.9 Å². The van der Waals surface area contributed by atoms with Crippen LogP contribution in [-0.4, -0.2) is 46.6 Å². The van der Waals surface area contributed by atoms with Crippen LogP contribution in [0.5, 0.6) is 0 Å². The standard InChI is InChI=1S/C22H23FN6O3/c1-14(30)25-12-19-13-29(22(31)32-19)21-7-6-17(8-20(21)23)16-4-2-15(3-5-16)9-24-10-18-11-26-28-27-18/h2-8,11,19,24H,9-10,12-13H2,1H3,(H,25,30)(H,26,27,28)/t19-/m0/s1. The number of H-pyrrole nitrogens is 1. The molecule has 9 nitrogen and oxygen atoms in total. The van der Waals surface area contributed by atoms with Crippen molar-refractivity contribution in [2.24, 2.45) is 0 Å². The Bertz CT molecular complexity index is 1090. The molecule has 1 aromatic heterocycles. The fourth-order valence-electron chi connectivity index (χ4n) is 3.45. The summed E-state index contributed by atoms with van der Waals surface area (Å²) in [4.78, 5) is 24.4. The van der Waals surface area contributed by atoms with Crippen molar-refractivity contribution < 1.29 is 18.7 Å². The third kappa shape index (κ3) is 5.09. The van der Waals surface area contributed by atoms with Crippen LogP contribution in [0.25, 0.3) is 11.1 Å². The van der Waals surface area contributed by atoms with Gasteiger partial charge in [-0.1, -0.05) is 30.3 Å². The normalized spacial score (nSPS) is 15.6. The zero-order valence-corrected chi connectivity index (χ0v) is 17.5. The molecule has 0 saturated carbocycles. The van der Waals surface area contributed by atoms with Crippen LogP contribution in [0.15, 0.2) is 48.7 Å². The summed E-state index contributed by atoms with van der Waals surface area (Å²) in [7, 11) is 0. The topological polar surface area (TPSA) is 112 Å². The van der Waals surface area contributed by atoms with Crippen LogP contribution in [0.3, 0.4) is 0 Å². The second kappa shape index (κ2) is 9.56. The van der Waals surface area contributed by atoms with Crippen molar-refractivity contribution in [1.29, 1.82) is 0 Å². The van der Waals surface area contributed by atoms with Crippen LogP contribution in [0.4, 0.5) is 14.9 Å². The average molecular weight is 438 g/mol. The van der Waals surface area contributed by atoms with E-state index in [2.05, 4.69) is 26.0 Å². The van der Waals surface area contributed by atoms with Gasteiger partial charge in [0.25, 0.3) is 0 Å². The first-order valence-electron chi connectivity index (χ1n) is 10.2. The number of aromatic amines is 1. The van der Waals surface area contributed by atoms with Crippen molar-refractivity contribution in [2.75, 3.05) is 18.0 Å². The molecule has 1 aliphatic heterocycles. The number of anilines is 1. The third-order valence-corrected chi connectivity index (χ3v) is 5.08.